The smallest absolute Gasteiger partial charge is 0.315 e. The number of aliphatic carboxylic acids is 1. The lowest BCUT2D eigenvalue weighted by Gasteiger charge is -2.39. The Bertz CT molecular complexity index is 373. The number of rotatable bonds is 7. The van der Waals surface area contributed by atoms with E-state index < -0.39 is 16.9 Å². The fourth-order valence-electron chi connectivity index (χ4n) is 2.01. The molecule has 5 nitrogen and oxygen atoms in total. The summed E-state index contributed by atoms with van der Waals surface area (Å²) in [5.74, 6) is -0.170. The molecule has 0 aromatic heterocycles. The minimum Gasteiger partial charge on any atom is -0.481 e. The molecule has 0 aromatic rings. The number of carbonyl (C=O) groups excluding carboxylic acids is 1. The number of carboxylic acid groups (broad SMARTS) is 1. The molecule has 0 bridgehead atoms. The third-order valence-electron chi connectivity index (χ3n) is 4.67. The van der Waals surface area contributed by atoms with Crippen LogP contribution >= 0.6 is 0 Å². The Morgan fingerprint density at radius 2 is 1.80 bits per heavy atom. The van der Waals surface area contributed by atoms with Crippen LogP contribution in [0.5, 0.6) is 0 Å². The highest BCUT2D eigenvalue weighted by Gasteiger charge is 2.44. The van der Waals surface area contributed by atoms with Crippen LogP contribution in [0, 0.1) is 11.3 Å². The fourth-order valence-corrected chi connectivity index (χ4v) is 2.01. The Labute approximate surface area is 121 Å². The van der Waals surface area contributed by atoms with Gasteiger partial charge in [0, 0.05) is 6.04 Å². The second-order valence-electron chi connectivity index (χ2n) is 6.94. The molecule has 2 amide bonds. The Balaban J connectivity index is 2.56. The van der Waals surface area contributed by atoms with Crippen LogP contribution in [-0.4, -0.2) is 28.7 Å². The molecule has 5 heteroatoms. The van der Waals surface area contributed by atoms with Crippen molar-refractivity contribution in [3.05, 3.63) is 0 Å². The fraction of sp³-hybridized carbons (Fsp3) is 0.867. The predicted molar refractivity (Wildman–Crippen MR) is 78.6 cm³/mol. The number of nitrogens with one attached hydrogen (secondary N) is 2. The molecule has 0 saturated heterocycles. The van der Waals surface area contributed by atoms with Gasteiger partial charge in [-0.3, -0.25) is 4.79 Å². The molecular weight excluding hydrogens is 256 g/mol. The highest BCUT2D eigenvalue weighted by molar-refractivity contribution is 5.79. The van der Waals surface area contributed by atoms with Gasteiger partial charge in [0.1, 0.15) is 0 Å². The summed E-state index contributed by atoms with van der Waals surface area (Å²) in [5, 5.41) is 15.0. The van der Waals surface area contributed by atoms with Gasteiger partial charge in [0.15, 0.2) is 0 Å². The molecule has 1 rings (SSSR count). The molecular formula is C15H28N2O3. The third-order valence-corrected chi connectivity index (χ3v) is 4.67. The van der Waals surface area contributed by atoms with E-state index in [4.69, 9.17) is 0 Å². The minimum absolute atomic E-state index is 0.172. The average Bonchev–Trinajstić information content (AvgIpc) is 3.10. The lowest BCUT2D eigenvalue weighted by Crippen LogP contribution is -2.59. The van der Waals surface area contributed by atoms with Crippen LogP contribution in [-0.2, 0) is 4.79 Å². The summed E-state index contributed by atoms with van der Waals surface area (Å²) in [6.45, 7) is 8.78. The number of hydrogen-bond donors (Lipinski definition) is 3. The van der Waals surface area contributed by atoms with E-state index in [-0.39, 0.29) is 12.1 Å². The van der Waals surface area contributed by atoms with Crippen molar-refractivity contribution in [3.63, 3.8) is 0 Å². The zero-order valence-electron chi connectivity index (χ0n) is 13.2. The van der Waals surface area contributed by atoms with Crippen LogP contribution < -0.4 is 10.6 Å². The first-order chi connectivity index (χ1) is 9.10. The molecule has 1 unspecified atom stereocenters. The first-order valence-electron chi connectivity index (χ1n) is 7.42. The Morgan fingerprint density at radius 1 is 1.25 bits per heavy atom. The molecule has 0 aromatic carbocycles. The van der Waals surface area contributed by atoms with E-state index in [1.54, 1.807) is 27.7 Å². The molecule has 0 aliphatic heterocycles. The van der Waals surface area contributed by atoms with Gasteiger partial charge in [-0.15, -0.1) is 0 Å². The number of amides is 2. The molecule has 0 spiro atoms. The molecule has 116 valence electrons. The Morgan fingerprint density at radius 3 is 2.20 bits per heavy atom. The normalized spacial score (nSPS) is 17.4. The molecule has 1 saturated carbocycles. The van der Waals surface area contributed by atoms with Crippen molar-refractivity contribution >= 4 is 12.0 Å². The van der Waals surface area contributed by atoms with Gasteiger partial charge in [0.25, 0.3) is 0 Å². The second kappa shape index (κ2) is 6.02. The maximum absolute atomic E-state index is 12.1. The monoisotopic (exact) mass is 284 g/mol. The highest BCUT2D eigenvalue weighted by Crippen LogP contribution is 2.34. The van der Waals surface area contributed by atoms with Crippen molar-refractivity contribution in [3.8, 4) is 0 Å². The SMILES string of the molecule is CCC(CC1CC1)NC(=O)NC(C)(C)C(C)(C)C(=O)O. The summed E-state index contributed by atoms with van der Waals surface area (Å²) in [5.41, 5.74) is -1.87. The molecule has 0 heterocycles. The van der Waals surface area contributed by atoms with Crippen molar-refractivity contribution < 1.29 is 14.7 Å². The van der Waals surface area contributed by atoms with E-state index in [0.717, 1.165) is 18.8 Å². The third kappa shape index (κ3) is 4.12. The number of carboxylic acids is 1. The largest absolute Gasteiger partial charge is 0.481 e. The second-order valence-corrected chi connectivity index (χ2v) is 6.94. The number of urea groups is 1. The van der Waals surface area contributed by atoms with E-state index >= 15 is 0 Å². The molecule has 1 aliphatic carbocycles. The van der Waals surface area contributed by atoms with Crippen molar-refractivity contribution in [2.45, 2.75) is 71.9 Å². The highest BCUT2D eigenvalue weighted by atomic mass is 16.4. The van der Waals surface area contributed by atoms with Crippen molar-refractivity contribution in [1.29, 1.82) is 0 Å². The maximum Gasteiger partial charge on any atom is 0.315 e. The number of hydrogen-bond acceptors (Lipinski definition) is 2. The summed E-state index contributed by atoms with van der Waals surface area (Å²) in [6.07, 6.45) is 4.44. The van der Waals surface area contributed by atoms with Crippen LogP contribution in [0.2, 0.25) is 0 Å². The Kier molecular flexibility index (Phi) is 5.05. The quantitative estimate of drug-likeness (QED) is 0.672. The van der Waals surface area contributed by atoms with Crippen LogP contribution in [0.4, 0.5) is 4.79 Å². The Hall–Kier alpha value is -1.26. The molecule has 1 atom stereocenters. The summed E-state index contributed by atoms with van der Waals surface area (Å²) in [6, 6.07) is -0.108. The van der Waals surface area contributed by atoms with Gasteiger partial charge in [-0.05, 0) is 46.5 Å². The van der Waals surface area contributed by atoms with Crippen LogP contribution in [0.25, 0.3) is 0 Å². The molecule has 1 aliphatic rings. The van der Waals surface area contributed by atoms with Gasteiger partial charge in [0.05, 0.1) is 11.0 Å². The van der Waals surface area contributed by atoms with Crippen molar-refractivity contribution in [2.24, 2.45) is 11.3 Å². The summed E-state index contributed by atoms with van der Waals surface area (Å²) in [4.78, 5) is 23.4. The van der Waals surface area contributed by atoms with Gasteiger partial charge < -0.3 is 15.7 Å². The van der Waals surface area contributed by atoms with E-state index in [0.29, 0.717) is 0 Å². The predicted octanol–water partition coefficient (Wildman–Crippen LogP) is 2.75. The lowest BCUT2D eigenvalue weighted by atomic mass is 9.74. The molecule has 3 N–H and O–H groups in total. The zero-order chi connectivity index (χ0) is 15.6. The van der Waals surface area contributed by atoms with Crippen molar-refractivity contribution in [2.75, 3.05) is 0 Å². The van der Waals surface area contributed by atoms with Gasteiger partial charge in [-0.1, -0.05) is 19.8 Å². The zero-order valence-corrected chi connectivity index (χ0v) is 13.2. The van der Waals surface area contributed by atoms with Gasteiger partial charge in [-0.2, -0.15) is 0 Å². The first-order valence-corrected chi connectivity index (χ1v) is 7.42. The van der Waals surface area contributed by atoms with Crippen LogP contribution in [0.15, 0.2) is 0 Å². The molecule has 20 heavy (non-hydrogen) atoms. The van der Waals surface area contributed by atoms with Gasteiger partial charge in [0.2, 0.25) is 0 Å². The van der Waals surface area contributed by atoms with Crippen molar-refractivity contribution in [1.82, 2.24) is 10.6 Å². The van der Waals surface area contributed by atoms with E-state index in [2.05, 4.69) is 17.6 Å². The average molecular weight is 284 g/mol. The minimum atomic E-state index is -1.04. The van der Waals surface area contributed by atoms with Crippen LogP contribution in [0.1, 0.15) is 60.3 Å². The summed E-state index contributed by atoms with van der Waals surface area (Å²) in [7, 11) is 0. The number of carbonyl (C=O) groups is 2. The topological polar surface area (TPSA) is 78.4 Å². The summed E-state index contributed by atoms with van der Waals surface area (Å²) >= 11 is 0. The summed E-state index contributed by atoms with van der Waals surface area (Å²) < 4.78 is 0. The lowest BCUT2D eigenvalue weighted by molar-refractivity contribution is -0.150. The van der Waals surface area contributed by atoms with Gasteiger partial charge >= 0.3 is 12.0 Å². The van der Waals surface area contributed by atoms with E-state index in [1.807, 2.05) is 0 Å². The van der Waals surface area contributed by atoms with Gasteiger partial charge in [-0.25, -0.2) is 4.79 Å². The first kappa shape index (κ1) is 16.8. The maximum atomic E-state index is 12.1. The molecule has 1 fully saturated rings. The standard InChI is InChI=1S/C15H28N2O3/c1-6-11(9-10-7-8-10)16-13(20)17-15(4,5)14(2,3)12(18)19/h10-11H,6-9H2,1-5H3,(H,18,19)(H2,16,17,20). The van der Waals surface area contributed by atoms with E-state index in [9.17, 15) is 14.7 Å². The van der Waals surface area contributed by atoms with Crippen LogP contribution in [0.3, 0.4) is 0 Å². The molecule has 0 radical (unpaired) electrons. The van der Waals surface area contributed by atoms with E-state index in [1.165, 1.54) is 12.8 Å².